The van der Waals surface area contributed by atoms with Gasteiger partial charge in [-0.05, 0) is 19.1 Å². The molecule has 1 amide bonds. The number of para-hydroxylation sites is 1. The summed E-state index contributed by atoms with van der Waals surface area (Å²) >= 11 is 0. The maximum Gasteiger partial charge on any atom is 0.216 e. The van der Waals surface area contributed by atoms with Gasteiger partial charge in [0, 0.05) is 31.9 Å². The molecule has 19 heavy (non-hydrogen) atoms. The molecule has 5 nitrogen and oxygen atoms in total. The predicted molar refractivity (Wildman–Crippen MR) is 75.5 cm³/mol. The molecule has 0 unspecified atom stereocenters. The summed E-state index contributed by atoms with van der Waals surface area (Å²) < 4.78 is 2.00. The number of aromatic nitrogens is 2. The van der Waals surface area contributed by atoms with Crippen molar-refractivity contribution in [3.63, 3.8) is 0 Å². The molecule has 1 heterocycles. The number of nitrogens with zero attached hydrogens (tertiary/aromatic N) is 2. The first kappa shape index (κ1) is 13.1. The lowest BCUT2D eigenvalue weighted by Crippen LogP contribution is -2.26. The van der Waals surface area contributed by atoms with E-state index in [2.05, 4.69) is 15.6 Å². The number of imidazole rings is 1. The number of rotatable bonds is 5. The molecule has 1 aromatic carbocycles. The van der Waals surface area contributed by atoms with Gasteiger partial charge in [0.1, 0.15) is 0 Å². The van der Waals surface area contributed by atoms with E-state index in [0.29, 0.717) is 13.1 Å². The molecule has 0 fully saturated rings. The standard InChI is InChI=1S/C14H18N4O/c1-11-10-18(13-6-4-3-5-7-13)14(17-11)16-9-8-15-12(2)19/h3-7,10H,8-9H2,1-2H3,(H,15,19)(H,16,17). The average molecular weight is 258 g/mol. The second-order valence-corrected chi connectivity index (χ2v) is 4.32. The summed E-state index contributed by atoms with van der Waals surface area (Å²) in [7, 11) is 0. The molecule has 0 aliphatic carbocycles. The van der Waals surface area contributed by atoms with Crippen molar-refractivity contribution in [2.45, 2.75) is 13.8 Å². The quantitative estimate of drug-likeness (QED) is 0.803. The van der Waals surface area contributed by atoms with Crippen LogP contribution in [-0.2, 0) is 4.79 Å². The summed E-state index contributed by atoms with van der Waals surface area (Å²) in [6.45, 7) is 4.69. The summed E-state index contributed by atoms with van der Waals surface area (Å²) in [6, 6.07) is 10.0. The molecule has 0 atom stereocenters. The Morgan fingerprint density at radius 2 is 2.00 bits per heavy atom. The third-order valence-electron chi connectivity index (χ3n) is 2.64. The Labute approximate surface area is 112 Å². The van der Waals surface area contributed by atoms with Crippen molar-refractivity contribution in [3.8, 4) is 5.69 Å². The van der Waals surface area contributed by atoms with Gasteiger partial charge < -0.3 is 10.6 Å². The van der Waals surface area contributed by atoms with E-state index in [1.165, 1.54) is 6.92 Å². The Bertz CT molecular complexity index is 548. The monoisotopic (exact) mass is 258 g/mol. The Balaban J connectivity index is 2.07. The van der Waals surface area contributed by atoms with E-state index in [4.69, 9.17) is 0 Å². The molecule has 0 saturated carbocycles. The molecule has 0 aliphatic rings. The molecule has 0 radical (unpaired) electrons. The van der Waals surface area contributed by atoms with Gasteiger partial charge in [-0.2, -0.15) is 0 Å². The van der Waals surface area contributed by atoms with Crippen molar-refractivity contribution in [2.75, 3.05) is 18.4 Å². The minimum atomic E-state index is -0.0237. The highest BCUT2D eigenvalue weighted by Gasteiger charge is 2.06. The molecule has 1 aromatic heterocycles. The summed E-state index contributed by atoms with van der Waals surface area (Å²) in [4.78, 5) is 15.2. The van der Waals surface area contributed by atoms with Crippen LogP contribution in [0.2, 0.25) is 0 Å². The molecule has 100 valence electrons. The van der Waals surface area contributed by atoms with Gasteiger partial charge in [-0.1, -0.05) is 18.2 Å². The van der Waals surface area contributed by atoms with Crippen molar-refractivity contribution in [3.05, 3.63) is 42.2 Å². The fourth-order valence-corrected chi connectivity index (χ4v) is 1.82. The van der Waals surface area contributed by atoms with Gasteiger partial charge in [-0.3, -0.25) is 9.36 Å². The van der Waals surface area contributed by atoms with Crippen LogP contribution in [0, 0.1) is 6.92 Å². The van der Waals surface area contributed by atoms with Crippen LogP contribution in [0.3, 0.4) is 0 Å². The Morgan fingerprint density at radius 1 is 1.26 bits per heavy atom. The van der Waals surface area contributed by atoms with Gasteiger partial charge in [0.2, 0.25) is 11.9 Å². The molecule has 0 bridgehead atoms. The molecule has 0 saturated heterocycles. The number of hydrogen-bond donors (Lipinski definition) is 2. The van der Waals surface area contributed by atoms with Gasteiger partial charge in [-0.15, -0.1) is 0 Å². The van der Waals surface area contributed by atoms with E-state index in [1.54, 1.807) is 0 Å². The summed E-state index contributed by atoms with van der Waals surface area (Å²) in [5.41, 5.74) is 2.01. The van der Waals surface area contributed by atoms with E-state index < -0.39 is 0 Å². The van der Waals surface area contributed by atoms with Gasteiger partial charge in [0.15, 0.2) is 0 Å². The number of carbonyl (C=O) groups is 1. The van der Waals surface area contributed by atoms with Gasteiger partial charge >= 0.3 is 0 Å². The van der Waals surface area contributed by atoms with Crippen LogP contribution in [0.4, 0.5) is 5.95 Å². The van der Waals surface area contributed by atoms with Gasteiger partial charge in [0.25, 0.3) is 0 Å². The normalized spacial score (nSPS) is 10.2. The molecule has 0 spiro atoms. The number of hydrogen-bond acceptors (Lipinski definition) is 3. The maximum absolute atomic E-state index is 10.8. The highest BCUT2D eigenvalue weighted by molar-refractivity contribution is 5.72. The largest absolute Gasteiger partial charge is 0.355 e. The zero-order chi connectivity index (χ0) is 13.7. The van der Waals surface area contributed by atoms with Crippen LogP contribution in [0.15, 0.2) is 36.5 Å². The van der Waals surface area contributed by atoms with E-state index in [0.717, 1.165) is 17.3 Å². The molecular weight excluding hydrogens is 240 g/mol. The lowest BCUT2D eigenvalue weighted by atomic mass is 10.3. The van der Waals surface area contributed by atoms with E-state index in [1.807, 2.05) is 48.0 Å². The van der Waals surface area contributed by atoms with Gasteiger partial charge in [-0.25, -0.2) is 4.98 Å². The molecular formula is C14H18N4O. The smallest absolute Gasteiger partial charge is 0.216 e. The topological polar surface area (TPSA) is 59.0 Å². The summed E-state index contributed by atoms with van der Waals surface area (Å²) in [5.74, 6) is 0.762. The summed E-state index contributed by atoms with van der Waals surface area (Å²) in [6.07, 6.45) is 1.98. The van der Waals surface area contributed by atoms with Crippen molar-refractivity contribution >= 4 is 11.9 Å². The first-order valence-corrected chi connectivity index (χ1v) is 6.26. The van der Waals surface area contributed by atoms with Crippen molar-refractivity contribution in [2.24, 2.45) is 0 Å². The van der Waals surface area contributed by atoms with Crippen LogP contribution in [0.5, 0.6) is 0 Å². The third-order valence-corrected chi connectivity index (χ3v) is 2.64. The first-order chi connectivity index (χ1) is 9.16. The zero-order valence-electron chi connectivity index (χ0n) is 11.2. The van der Waals surface area contributed by atoms with Crippen LogP contribution in [0.25, 0.3) is 5.69 Å². The lowest BCUT2D eigenvalue weighted by Gasteiger charge is -2.09. The van der Waals surface area contributed by atoms with Crippen LogP contribution >= 0.6 is 0 Å². The first-order valence-electron chi connectivity index (χ1n) is 6.26. The highest BCUT2D eigenvalue weighted by Crippen LogP contribution is 2.15. The fraction of sp³-hybridized carbons (Fsp3) is 0.286. The minimum absolute atomic E-state index is 0.0237. The highest BCUT2D eigenvalue weighted by atomic mass is 16.1. The summed E-state index contributed by atoms with van der Waals surface area (Å²) in [5, 5.41) is 5.97. The van der Waals surface area contributed by atoms with Crippen LogP contribution in [-0.4, -0.2) is 28.5 Å². The van der Waals surface area contributed by atoms with Crippen molar-refractivity contribution in [1.29, 1.82) is 0 Å². The van der Waals surface area contributed by atoms with E-state index in [9.17, 15) is 4.79 Å². The second-order valence-electron chi connectivity index (χ2n) is 4.32. The molecule has 5 heteroatoms. The fourth-order valence-electron chi connectivity index (χ4n) is 1.82. The Hall–Kier alpha value is -2.30. The number of carbonyl (C=O) groups excluding carboxylic acids is 1. The molecule has 0 aliphatic heterocycles. The van der Waals surface area contributed by atoms with Crippen LogP contribution in [0.1, 0.15) is 12.6 Å². The molecule has 2 rings (SSSR count). The predicted octanol–water partition coefficient (Wildman–Crippen LogP) is 1.73. The SMILES string of the molecule is CC(=O)NCCNc1nc(C)cn1-c1ccccc1. The lowest BCUT2D eigenvalue weighted by molar-refractivity contribution is -0.118. The molecule has 2 aromatic rings. The second kappa shape index (κ2) is 6.04. The van der Waals surface area contributed by atoms with E-state index in [-0.39, 0.29) is 5.91 Å². The number of nitrogens with one attached hydrogen (secondary N) is 2. The number of aryl methyl sites for hydroxylation is 1. The zero-order valence-corrected chi connectivity index (χ0v) is 11.2. The van der Waals surface area contributed by atoms with Crippen molar-refractivity contribution < 1.29 is 4.79 Å². The van der Waals surface area contributed by atoms with Crippen molar-refractivity contribution in [1.82, 2.24) is 14.9 Å². The van der Waals surface area contributed by atoms with Crippen LogP contribution < -0.4 is 10.6 Å². The Kier molecular flexibility index (Phi) is 4.18. The van der Waals surface area contributed by atoms with E-state index >= 15 is 0 Å². The number of amides is 1. The number of anilines is 1. The maximum atomic E-state index is 10.8. The Morgan fingerprint density at radius 3 is 2.68 bits per heavy atom. The third kappa shape index (κ3) is 3.58. The van der Waals surface area contributed by atoms with Gasteiger partial charge in [0.05, 0.1) is 5.69 Å². The average Bonchev–Trinajstić information content (AvgIpc) is 2.77. The minimum Gasteiger partial charge on any atom is -0.355 e. The molecule has 2 N–H and O–H groups in total. The number of benzene rings is 1.